The highest BCUT2D eigenvalue weighted by Crippen LogP contribution is 2.25. The van der Waals surface area contributed by atoms with Gasteiger partial charge in [-0.3, -0.25) is 4.90 Å². The van der Waals surface area contributed by atoms with Crippen molar-refractivity contribution >= 4 is 5.97 Å². The summed E-state index contributed by atoms with van der Waals surface area (Å²) in [7, 11) is 1.37. The molecule has 0 unspecified atom stereocenters. The maximum Gasteiger partial charge on any atom is 0.374 e. The number of ether oxygens (including phenoxy) is 1. The standard InChI is InChI=1S/C16H26N2O3/c1-4-18(13-7-5-12(17)6-8-13)10-14-9-11(2)15(21-14)16(19)20-3/h9,12-13H,4-8,10,17H2,1-3H3. The first-order chi connectivity index (χ1) is 10.0. The summed E-state index contributed by atoms with van der Waals surface area (Å²) >= 11 is 0. The van der Waals surface area contributed by atoms with Gasteiger partial charge in [0.2, 0.25) is 5.76 Å². The maximum absolute atomic E-state index is 11.6. The predicted molar refractivity (Wildman–Crippen MR) is 81.1 cm³/mol. The van der Waals surface area contributed by atoms with E-state index in [9.17, 15) is 4.79 Å². The van der Waals surface area contributed by atoms with Crippen molar-refractivity contribution in [2.75, 3.05) is 13.7 Å². The van der Waals surface area contributed by atoms with Crippen molar-refractivity contribution in [1.29, 1.82) is 0 Å². The summed E-state index contributed by atoms with van der Waals surface area (Å²) in [5.41, 5.74) is 6.81. The number of aryl methyl sites for hydroxylation is 1. The van der Waals surface area contributed by atoms with Gasteiger partial charge < -0.3 is 14.9 Å². The zero-order valence-electron chi connectivity index (χ0n) is 13.2. The van der Waals surface area contributed by atoms with Crippen LogP contribution in [-0.2, 0) is 11.3 Å². The molecule has 21 heavy (non-hydrogen) atoms. The largest absolute Gasteiger partial charge is 0.463 e. The summed E-state index contributed by atoms with van der Waals surface area (Å²) in [5.74, 6) is 0.726. The summed E-state index contributed by atoms with van der Waals surface area (Å²) in [5, 5.41) is 0. The molecule has 0 atom stereocenters. The van der Waals surface area contributed by atoms with Crippen molar-refractivity contribution in [3.63, 3.8) is 0 Å². The molecular weight excluding hydrogens is 268 g/mol. The molecule has 0 aliphatic heterocycles. The lowest BCUT2D eigenvalue weighted by molar-refractivity contribution is 0.0558. The minimum atomic E-state index is -0.412. The molecule has 0 radical (unpaired) electrons. The lowest BCUT2D eigenvalue weighted by Crippen LogP contribution is -2.40. The third-order valence-corrected chi connectivity index (χ3v) is 4.36. The van der Waals surface area contributed by atoms with Crippen molar-refractivity contribution < 1.29 is 13.9 Å². The van der Waals surface area contributed by atoms with Gasteiger partial charge in [-0.15, -0.1) is 0 Å². The Hall–Kier alpha value is -1.33. The van der Waals surface area contributed by atoms with E-state index in [0.717, 1.165) is 50.1 Å². The van der Waals surface area contributed by atoms with Gasteiger partial charge in [0.25, 0.3) is 0 Å². The topological polar surface area (TPSA) is 68.7 Å². The average molecular weight is 294 g/mol. The molecule has 1 saturated carbocycles. The molecule has 1 aliphatic carbocycles. The lowest BCUT2D eigenvalue weighted by atomic mass is 9.90. The number of hydrogen-bond acceptors (Lipinski definition) is 5. The number of nitrogens with zero attached hydrogens (tertiary/aromatic N) is 1. The molecule has 2 N–H and O–H groups in total. The van der Waals surface area contributed by atoms with Crippen molar-refractivity contribution in [2.45, 2.75) is 58.2 Å². The Labute approximate surface area is 126 Å². The summed E-state index contributed by atoms with van der Waals surface area (Å²) < 4.78 is 10.4. The molecule has 0 saturated heterocycles. The highest BCUT2D eigenvalue weighted by atomic mass is 16.5. The van der Waals surface area contributed by atoms with Crippen LogP contribution in [0, 0.1) is 6.92 Å². The van der Waals surface area contributed by atoms with E-state index in [2.05, 4.69) is 11.8 Å². The number of esters is 1. The van der Waals surface area contributed by atoms with E-state index in [-0.39, 0.29) is 0 Å². The number of rotatable bonds is 5. The second kappa shape index (κ2) is 7.09. The molecule has 0 amide bonds. The van der Waals surface area contributed by atoms with E-state index in [1.165, 1.54) is 7.11 Å². The molecule has 5 heteroatoms. The van der Waals surface area contributed by atoms with E-state index in [1.807, 2.05) is 13.0 Å². The van der Waals surface area contributed by atoms with E-state index in [4.69, 9.17) is 14.9 Å². The monoisotopic (exact) mass is 294 g/mol. The highest BCUT2D eigenvalue weighted by Gasteiger charge is 2.25. The highest BCUT2D eigenvalue weighted by molar-refractivity contribution is 5.87. The second-order valence-corrected chi connectivity index (χ2v) is 5.85. The zero-order valence-corrected chi connectivity index (χ0v) is 13.2. The Morgan fingerprint density at radius 1 is 1.43 bits per heavy atom. The van der Waals surface area contributed by atoms with Gasteiger partial charge in [0.15, 0.2) is 0 Å². The number of carbonyl (C=O) groups is 1. The number of hydrogen-bond donors (Lipinski definition) is 1. The molecule has 1 aromatic heterocycles. The smallest absolute Gasteiger partial charge is 0.374 e. The molecule has 0 bridgehead atoms. The molecule has 1 aromatic rings. The van der Waals surface area contributed by atoms with Crippen molar-refractivity contribution in [3.8, 4) is 0 Å². The van der Waals surface area contributed by atoms with Crippen molar-refractivity contribution in [3.05, 3.63) is 23.2 Å². The molecular formula is C16H26N2O3. The number of furan rings is 1. The molecule has 1 heterocycles. The van der Waals surface area contributed by atoms with Gasteiger partial charge in [-0.25, -0.2) is 4.79 Å². The van der Waals surface area contributed by atoms with Crippen LogP contribution in [0.25, 0.3) is 0 Å². The summed E-state index contributed by atoms with van der Waals surface area (Å²) in [6.45, 7) is 5.72. The fraction of sp³-hybridized carbons (Fsp3) is 0.688. The van der Waals surface area contributed by atoms with Gasteiger partial charge in [0.1, 0.15) is 5.76 Å². The Bertz CT molecular complexity index is 476. The van der Waals surface area contributed by atoms with Crippen LogP contribution in [-0.4, -0.2) is 36.6 Å². The van der Waals surface area contributed by atoms with Crippen LogP contribution in [0.3, 0.4) is 0 Å². The zero-order chi connectivity index (χ0) is 15.4. The molecule has 2 rings (SSSR count). The first-order valence-electron chi connectivity index (χ1n) is 7.72. The summed E-state index contributed by atoms with van der Waals surface area (Å²) in [4.78, 5) is 14.0. The van der Waals surface area contributed by atoms with Gasteiger partial charge in [0, 0.05) is 17.6 Å². The normalized spacial score (nSPS) is 22.5. The SMILES string of the molecule is CCN(Cc1cc(C)c(C(=O)OC)o1)C1CCC(N)CC1. The molecule has 118 valence electrons. The third kappa shape index (κ3) is 3.86. The first kappa shape index (κ1) is 16.0. The fourth-order valence-electron chi connectivity index (χ4n) is 3.09. The van der Waals surface area contributed by atoms with E-state index < -0.39 is 5.97 Å². The Morgan fingerprint density at radius 3 is 2.67 bits per heavy atom. The van der Waals surface area contributed by atoms with Gasteiger partial charge >= 0.3 is 5.97 Å². The molecule has 0 spiro atoms. The van der Waals surface area contributed by atoms with Crippen LogP contribution in [0.5, 0.6) is 0 Å². The quantitative estimate of drug-likeness (QED) is 0.845. The average Bonchev–Trinajstić information content (AvgIpc) is 2.85. The fourth-order valence-corrected chi connectivity index (χ4v) is 3.09. The first-order valence-corrected chi connectivity index (χ1v) is 7.72. The summed E-state index contributed by atoms with van der Waals surface area (Å²) in [6.07, 6.45) is 4.45. The van der Waals surface area contributed by atoms with Crippen LogP contribution < -0.4 is 5.73 Å². The minimum Gasteiger partial charge on any atom is -0.463 e. The van der Waals surface area contributed by atoms with Crippen LogP contribution in [0.15, 0.2) is 10.5 Å². The Morgan fingerprint density at radius 2 is 2.10 bits per heavy atom. The van der Waals surface area contributed by atoms with Gasteiger partial charge in [-0.05, 0) is 45.2 Å². The number of methoxy groups -OCH3 is 1. The van der Waals surface area contributed by atoms with Crippen molar-refractivity contribution in [1.82, 2.24) is 4.90 Å². The summed E-state index contributed by atoms with van der Waals surface area (Å²) in [6, 6.07) is 2.85. The third-order valence-electron chi connectivity index (χ3n) is 4.36. The van der Waals surface area contributed by atoms with E-state index in [1.54, 1.807) is 0 Å². The molecule has 5 nitrogen and oxygen atoms in total. The second-order valence-electron chi connectivity index (χ2n) is 5.85. The molecule has 0 aromatic carbocycles. The van der Waals surface area contributed by atoms with Gasteiger partial charge in [-0.2, -0.15) is 0 Å². The van der Waals surface area contributed by atoms with Crippen LogP contribution in [0.1, 0.15) is 54.5 Å². The van der Waals surface area contributed by atoms with Crippen LogP contribution in [0.4, 0.5) is 0 Å². The minimum absolute atomic E-state index is 0.314. The Balaban J connectivity index is 2.03. The number of carbonyl (C=O) groups excluding carboxylic acids is 1. The molecule has 1 aliphatic rings. The van der Waals surface area contributed by atoms with E-state index in [0.29, 0.717) is 17.8 Å². The van der Waals surface area contributed by atoms with E-state index >= 15 is 0 Å². The Kier molecular flexibility index (Phi) is 5.42. The van der Waals surface area contributed by atoms with Gasteiger partial charge in [0.05, 0.1) is 13.7 Å². The molecule has 1 fully saturated rings. The predicted octanol–water partition coefficient (Wildman–Crippen LogP) is 2.47. The van der Waals surface area contributed by atoms with Gasteiger partial charge in [-0.1, -0.05) is 6.92 Å². The van der Waals surface area contributed by atoms with Crippen LogP contribution in [0.2, 0.25) is 0 Å². The number of nitrogens with two attached hydrogens (primary N) is 1. The maximum atomic E-state index is 11.6. The van der Waals surface area contributed by atoms with Crippen LogP contribution >= 0.6 is 0 Å². The lowest BCUT2D eigenvalue weighted by Gasteiger charge is -2.34. The van der Waals surface area contributed by atoms with Crippen molar-refractivity contribution in [2.24, 2.45) is 5.73 Å².